The molecule has 0 radical (unpaired) electrons. The molecule has 3 aromatic heterocycles. The first-order valence-electron chi connectivity index (χ1n) is 33.7. The second kappa shape index (κ2) is 22.7. The second-order valence-electron chi connectivity index (χ2n) is 26.0. The van der Waals surface area contributed by atoms with Gasteiger partial charge in [-0.3, -0.25) is 4.57 Å². The van der Waals surface area contributed by atoms with Crippen molar-refractivity contribution in [3.8, 4) is 106 Å². The lowest BCUT2D eigenvalue weighted by atomic mass is 9.92. The van der Waals surface area contributed by atoms with Crippen LogP contribution < -0.4 is 0 Å². The molecule has 460 valence electrons. The number of para-hydroxylation sites is 4. The monoisotopic (exact) mass is 1280 g/mol. The number of hydrogen-bond acceptors (Lipinski definition) is 4. The van der Waals surface area contributed by atoms with Gasteiger partial charge >= 0.3 is 0 Å². The summed E-state index contributed by atoms with van der Waals surface area (Å²) in [6.07, 6.45) is 1.06. The number of nitrogens with zero attached hydrogens (tertiary/aromatic N) is 5. The lowest BCUT2D eigenvalue weighted by molar-refractivity contribution is 1.08. The van der Waals surface area contributed by atoms with Gasteiger partial charge in [-0.2, -0.15) is 0 Å². The maximum Gasteiger partial charge on any atom is 0.165 e. The Bertz CT molecular complexity index is 6590. The van der Waals surface area contributed by atoms with Gasteiger partial charge in [-0.25, -0.2) is 19.9 Å². The summed E-state index contributed by atoms with van der Waals surface area (Å²) >= 11 is 6.39. The van der Waals surface area contributed by atoms with E-state index in [0.717, 1.165) is 67.7 Å². The summed E-state index contributed by atoms with van der Waals surface area (Å²) in [4.78, 5) is 19.9. The van der Waals surface area contributed by atoms with Gasteiger partial charge in [0.05, 0.1) is 33.1 Å². The standard InChI is InChI=1S/C46H27N3.C24H15ClN2.C23H14/c1-2-10-32-27-33(24-21-28(32)9-1)29-19-22-31(23-20-29)45-46(48-39-17-6-5-16-38(39)47-45)49-40-18-8-15-37-35-13-4-3-12-34(35)36-14-7-11-30-25-26-41(49)44(42(30)36)43(37)40;25-24-23(26-21-7-3-4-8-22(21)27-24)18-12-9-17(10-13-18)20-14-11-16-5-1-2-6-19(16)15-20;1-2-8-18-17(7-1)19-9-3-5-14-11-12-16-13-15-6-4-10-20(18)22(15)23(16)21(14)19/h1-27H;1-15H;1-12H,13H2. The fourth-order valence-corrected chi connectivity index (χ4v) is 16.2. The van der Waals surface area contributed by atoms with Crippen LogP contribution in [0.1, 0.15) is 11.1 Å². The lowest BCUT2D eigenvalue weighted by Crippen LogP contribution is -2.04. The highest BCUT2D eigenvalue weighted by atomic mass is 35.5. The molecular formula is C93H56ClN5. The van der Waals surface area contributed by atoms with E-state index in [1.165, 1.54) is 137 Å². The molecule has 0 amide bonds. The number of aromatic nitrogens is 5. The molecule has 0 aliphatic heterocycles. The summed E-state index contributed by atoms with van der Waals surface area (Å²) in [6, 6.07) is 117. The highest BCUT2D eigenvalue weighted by Crippen LogP contribution is 2.54. The minimum atomic E-state index is 0.423. The molecule has 19 aromatic rings. The van der Waals surface area contributed by atoms with E-state index in [2.05, 4.69) is 301 Å². The molecule has 99 heavy (non-hydrogen) atoms. The second-order valence-corrected chi connectivity index (χ2v) is 26.4. The third kappa shape index (κ3) is 9.23. The third-order valence-electron chi connectivity index (χ3n) is 20.5. The fourth-order valence-electron chi connectivity index (χ4n) is 15.9. The molecule has 3 aliphatic rings. The maximum atomic E-state index is 6.39. The van der Waals surface area contributed by atoms with Crippen LogP contribution in [0.2, 0.25) is 5.15 Å². The van der Waals surface area contributed by atoms with Crippen LogP contribution in [0.3, 0.4) is 0 Å². The SMILES string of the molecule is Clc1nc2ccccc2nc1-c1ccc(-c2ccc3ccccc3c2)cc1.c1ccc2c(c1)-c1cccc3c1-c1c(ccc4cccc-2c14)C3.c1ccc2c(c1)-c1cccc3ccc4c(c13)c1c-2cccc1n4-c1nc2ccccc2nc1-c1ccc(-c2ccc3ccccc3c2)cc1. The number of hydrogen-bond donors (Lipinski definition) is 0. The number of rotatable bonds is 5. The first kappa shape index (κ1) is 56.7. The summed E-state index contributed by atoms with van der Waals surface area (Å²) in [5, 5.41) is 13.2. The Labute approximate surface area is 575 Å². The van der Waals surface area contributed by atoms with Crippen LogP contribution in [0.5, 0.6) is 0 Å². The van der Waals surface area contributed by atoms with Gasteiger partial charge in [-0.15, -0.1) is 0 Å². The van der Waals surface area contributed by atoms with Gasteiger partial charge in [-0.1, -0.05) is 291 Å². The van der Waals surface area contributed by atoms with Gasteiger partial charge < -0.3 is 0 Å². The van der Waals surface area contributed by atoms with Crippen LogP contribution in [-0.2, 0) is 6.42 Å². The van der Waals surface area contributed by atoms with Crippen molar-refractivity contribution < 1.29 is 0 Å². The Morgan fingerprint density at radius 1 is 0.242 bits per heavy atom. The van der Waals surface area contributed by atoms with Crippen molar-refractivity contribution in [2.24, 2.45) is 0 Å². The van der Waals surface area contributed by atoms with E-state index >= 15 is 0 Å². The lowest BCUT2D eigenvalue weighted by Gasteiger charge is -2.16. The Morgan fingerprint density at radius 2 is 0.636 bits per heavy atom. The van der Waals surface area contributed by atoms with Gasteiger partial charge in [0.1, 0.15) is 11.4 Å². The Balaban J connectivity index is 0.000000111. The molecule has 3 aliphatic carbocycles. The van der Waals surface area contributed by atoms with E-state index in [0.29, 0.717) is 10.8 Å². The normalized spacial score (nSPS) is 12.1. The predicted molar refractivity (Wildman–Crippen MR) is 414 cm³/mol. The molecule has 0 bridgehead atoms. The molecule has 0 fully saturated rings. The van der Waals surface area contributed by atoms with Crippen LogP contribution in [0.4, 0.5) is 0 Å². The number of halogens is 1. The quantitative estimate of drug-likeness (QED) is 0.172. The van der Waals surface area contributed by atoms with E-state index in [1.54, 1.807) is 0 Å². The molecule has 16 aromatic carbocycles. The average Bonchev–Trinajstić information content (AvgIpc) is 1.55. The van der Waals surface area contributed by atoms with E-state index < -0.39 is 0 Å². The molecule has 0 saturated carbocycles. The van der Waals surface area contributed by atoms with Gasteiger partial charge in [0.15, 0.2) is 11.0 Å². The molecule has 0 N–H and O–H groups in total. The summed E-state index contributed by atoms with van der Waals surface area (Å²) in [7, 11) is 0. The molecule has 3 heterocycles. The molecular weight excluding hydrogens is 1220 g/mol. The van der Waals surface area contributed by atoms with E-state index in [9.17, 15) is 0 Å². The first-order chi connectivity index (χ1) is 49.0. The zero-order chi connectivity index (χ0) is 65.2. The van der Waals surface area contributed by atoms with Crippen molar-refractivity contribution in [2.75, 3.05) is 0 Å². The van der Waals surface area contributed by atoms with Gasteiger partial charge in [0.2, 0.25) is 0 Å². The maximum absolute atomic E-state index is 6.39. The summed E-state index contributed by atoms with van der Waals surface area (Å²) in [6.45, 7) is 0. The van der Waals surface area contributed by atoms with Crippen molar-refractivity contribution in [3.05, 3.63) is 344 Å². The molecule has 0 unspecified atom stereocenters. The fraction of sp³-hybridized carbons (Fsp3) is 0.0108. The Morgan fingerprint density at radius 3 is 1.25 bits per heavy atom. The highest BCUT2D eigenvalue weighted by molar-refractivity contribution is 6.32. The largest absolute Gasteiger partial charge is 0.292 e. The van der Waals surface area contributed by atoms with Crippen LogP contribution in [0, 0.1) is 0 Å². The Kier molecular flexibility index (Phi) is 13.0. The molecule has 0 atom stereocenters. The minimum absolute atomic E-state index is 0.423. The highest BCUT2D eigenvalue weighted by Gasteiger charge is 2.30. The molecule has 6 heteroatoms. The molecule has 5 nitrogen and oxygen atoms in total. The summed E-state index contributed by atoms with van der Waals surface area (Å²) in [5.74, 6) is 0.833. The zero-order valence-corrected chi connectivity index (χ0v) is 54.3. The number of benzene rings is 16. The smallest absolute Gasteiger partial charge is 0.165 e. The summed E-state index contributed by atoms with van der Waals surface area (Å²) in [5.41, 5.74) is 30.3. The van der Waals surface area contributed by atoms with Gasteiger partial charge in [-0.05, 0) is 187 Å². The van der Waals surface area contributed by atoms with Crippen molar-refractivity contribution >= 4 is 98.6 Å². The van der Waals surface area contributed by atoms with Crippen LogP contribution in [0.25, 0.3) is 193 Å². The van der Waals surface area contributed by atoms with Crippen LogP contribution >= 0.6 is 11.6 Å². The predicted octanol–water partition coefficient (Wildman–Crippen LogP) is 24.8. The van der Waals surface area contributed by atoms with Gasteiger partial charge in [0.25, 0.3) is 0 Å². The zero-order valence-electron chi connectivity index (χ0n) is 53.5. The topological polar surface area (TPSA) is 56.5 Å². The Hall–Kier alpha value is -12.7. The third-order valence-corrected chi connectivity index (χ3v) is 20.8. The van der Waals surface area contributed by atoms with Crippen molar-refractivity contribution in [2.45, 2.75) is 6.42 Å². The van der Waals surface area contributed by atoms with Crippen molar-refractivity contribution in [1.82, 2.24) is 24.5 Å². The average molecular weight is 1280 g/mol. The summed E-state index contributed by atoms with van der Waals surface area (Å²) < 4.78 is 2.35. The van der Waals surface area contributed by atoms with E-state index in [4.69, 9.17) is 26.6 Å². The van der Waals surface area contributed by atoms with E-state index in [1.807, 2.05) is 36.4 Å². The van der Waals surface area contributed by atoms with Gasteiger partial charge in [0, 0.05) is 21.9 Å². The van der Waals surface area contributed by atoms with Crippen LogP contribution in [0.15, 0.2) is 328 Å². The van der Waals surface area contributed by atoms with Crippen LogP contribution in [-0.4, -0.2) is 24.5 Å². The minimum Gasteiger partial charge on any atom is -0.292 e. The van der Waals surface area contributed by atoms with Crippen molar-refractivity contribution in [3.63, 3.8) is 0 Å². The molecule has 22 rings (SSSR count). The first-order valence-corrected chi connectivity index (χ1v) is 34.1. The van der Waals surface area contributed by atoms with E-state index in [-0.39, 0.29) is 0 Å². The molecule has 0 saturated heterocycles. The van der Waals surface area contributed by atoms with Crippen molar-refractivity contribution in [1.29, 1.82) is 0 Å². The number of fused-ring (bicyclic) bond motifs is 10. The molecule has 0 spiro atoms.